The Labute approximate surface area is 165 Å². The summed E-state index contributed by atoms with van der Waals surface area (Å²) in [7, 11) is 0. The van der Waals surface area contributed by atoms with Crippen LogP contribution < -0.4 is 0 Å². The van der Waals surface area contributed by atoms with Gasteiger partial charge in [-0.25, -0.2) is 4.99 Å². The summed E-state index contributed by atoms with van der Waals surface area (Å²) in [6, 6.07) is 9.56. The predicted octanol–water partition coefficient (Wildman–Crippen LogP) is 3.41. The quantitative estimate of drug-likeness (QED) is 0.554. The number of nitrogens with zero attached hydrogens (tertiary/aromatic N) is 1. The molecule has 28 heavy (non-hydrogen) atoms. The second kappa shape index (κ2) is 7.08. The fourth-order valence-corrected chi connectivity index (χ4v) is 4.89. The molecule has 0 amide bonds. The van der Waals surface area contributed by atoms with E-state index in [1.807, 2.05) is 50.3 Å². The number of esters is 2. The maximum Gasteiger partial charge on any atom is 0.319 e. The number of fused-ring (bicyclic) bond motifs is 1. The van der Waals surface area contributed by atoms with Crippen molar-refractivity contribution in [3.8, 4) is 0 Å². The lowest BCUT2D eigenvalue weighted by molar-refractivity contribution is -0.206. The van der Waals surface area contributed by atoms with E-state index in [-0.39, 0.29) is 12.5 Å². The fraction of sp³-hybridized carbons (Fsp3) is 0.500. The van der Waals surface area contributed by atoms with Crippen LogP contribution in [0.25, 0.3) is 0 Å². The molecule has 150 valence electrons. The van der Waals surface area contributed by atoms with Gasteiger partial charge >= 0.3 is 11.9 Å². The zero-order valence-corrected chi connectivity index (χ0v) is 16.9. The highest BCUT2D eigenvalue weighted by Gasteiger charge is 2.83. The minimum Gasteiger partial charge on any atom is -0.479 e. The van der Waals surface area contributed by atoms with E-state index in [9.17, 15) is 9.59 Å². The molecule has 1 fully saturated rings. The Bertz CT molecular complexity index is 819. The number of hydrogen-bond acceptors (Lipinski definition) is 6. The van der Waals surface area contributed by atoms with E-state index >= 15 is 0 Å². The summed E-state index contributed by atoms with van der Waals surface area (Å²) in [5.41, 5.74) is -1.94. The van der Waals surface area contributed by atoms with Crippen LogP contribution in [0.15, 0.2) is 48.0 Å². The molecule has 6 heteroatoms. The fourth-order valence-electron chi connectivity index (χ4n) is 4.89. The van der Waals surface area contributed by atoms with Gasteiger partial charge in [0, 0.05) is 12.3 Å². The maximum absolute atomic E-state index is 13.4. The number of rotatable bonds is 6. The van der Waals surface area contributed by atoms with E-state index in [1.165, 1.54) is 6.92 Å². The van der Waals surface area contributed by atoms with Crippen molar-refractivity contribution in [2.24, 2.45) is 15.8 Å². The highest BCUT2D eigenvalue weighted by atomic mass is 16.6. The number of hydrogen-bond donors (Lipinski definition) is 0. The molecule has 3 rings (SSSR count). The van der Waals surface area contributed by atoms with Crippen molar-refractivity contribution in [1.82, 2.24) is 0 Å². The number of aliphatic imine (C=N–C) groups is 1. The summed E-state index contributed by atoms with van der Waals surface area (Å²) in [4.78, 5) is 30.2. The largest absolute Gasteiger partial charge is 0.479 e. The molecule has 1 saturated carbocycles. The summed E-state index contributed by atoms with van der Waals surface area (Å²) in [5, 5.41) is 0. The van der Waals surface area contributed by atoms with Gasteiger partial charge in [-0.15, -0.1) is 6.58 Å². The second-order valence-corrected chi connectivity index (χ2v) is 7.44. The van der Waals surface area contributed by atoms with Crippen LogP contribution in [0.3, 0.4) is 0 Å². The van der Waals surface area contributed by atoms with Crippen LogP contribution in [0.1, 0.15) is 39.7 Å². The number of carbonyl (C=O) groups excluding carboxylic acids is 2. The molecule has 2 aliphatic rings. The molecule has 0 N–H and O–H groups in total. The molecule has 1 heterocycles. The van der Waals surface area contributed by atoms with E-state index in [1.54, 1.807) is 6.92 Å². The Morgan fingerprint density at radius 2 is 1.93 bits per heavy atom. The van der Waals surface area contributed by atoms with Crippen molar-refractivity contribution in [2.45, 2.75) is 45.8 Å². The van der Waals surface area contributed by atoms with Crippen LogP contribution in [0, 0.1) is 10.8 Å². The van der Waals surface area contributed by atoms with Crippen molar-refractivity contribution in [3.05, 3.63) is 48.6 Å². The third-order valence-electron chi connectivity index (χ3n) is 5.93. The topological polar surface area (TPSA) is 74.2 Å². The van der Waals surface area contributed by atoms with Crippen LogP contribution in [0.4, 0.5) is 0 Å². The zero-order valence-electron chi connectivity index (χ0n) is 16.9. The van der Waals surface area contributed by atoms with E-state index < -0.39 is 34.4 Å². The molecule has 1 aliphatic carbocycles. The van der Waals surface area contributed by atoms with E-state index in [2.05, 4.69) is 6.58 Å². The zero-order chi connectivity index (χ0) is 20.6. The van der Waals surface area contributed by atoms with Crippen molar-refractivity contribution in [3.63, 3.8) is 0 Å². The maximum atomic E-state index is 13.4. The molecule has 0 unspecified atom stereocenters. The minimum atomic E-state index is -1.20. The highest BCUT2D eigenvalue weighted by Crippen LogP contribution is 2.74. The Hall–Kier alpha value is -2.63. The first-order chi connectivity index (χ1) is 13.3. The van der Waals surface area contributed by atoms with Gasteiger partial charge in [0.1, 0.15) is 11.0 Å². The summed E-state index contributed by atoms with van der Waals surface area (Å²) in [6.07, 6.45) is 1.26. The Balaban J connectivity index is 2.30. The Morgan fingerprint density at radius 3 is 2.46 bits per heavy atom. The molecule has 6 nitrogen and oxygen atoms in total. The first-order valence-electron chi connectivity index (χ1n) is 9.59. The van der Waals surface area contributed by atoms with Gasteiger partial charge in [0.25, 0.3) is 0 Å². The molecule has 4 atom stereocenters. The van der Waals surface area contributed by atoms with E-state index in [4.69, 9.17) is 19.2 Å². The summed E-state index contributed by atoms with van der Waals surface area (Å²) < 4.78 is 16.9. The van der Waals surface area contributed by atoms with Crippen molar-refractivity contribution >= 4 is 17.8 Å². The molecule has 0 spiro atoms. The van der Waals surface area contributed by atoms with Crippen LogP contribution in [-0.2, 0) is 29.3 Å². The minimum absolute atomic E-state index is 0.215. The predicted molar refractivity (Wildman–Crippen MR) is 105 cm³/mol. The van der Waals surface area contributed by atoms with Gasteiger partial charge in [0.05, 0.1) is 13.2 Å². The highest BCUT2D eigenvalue weighted by molar-refractivity contribution is 5.98. The van der Waals surface area contributed by atoms with Crippen LogP contribution in [0.2, 0.25) is 0 Å². The average Bonchev–Trinajstić information content (AvgIpc) is 2.89. The lowest BCUT2D eigenvalue weighted by atomic mass is 9.39. The monoisotopic (exact) mass is 385 g/mol. The molecule has 1 aromatic carbocycles. The molecular weight excluding hydrogens is 358 g/mol. The number of ether oxygens (including phenoxy) is 3. The third kappa shape index (κ3) is 2.43. The number of carbonyl (C=O) groups is 2. The second-order valence-electron chi connectivity index (χ2n) is 7.44. The third-order valence-corrected chi connectivity index (χ3v) is 5.93. The molecule has 0 bridgehead atoms. The Morgan fingerprint density at radius 1 is 1.25 bits per heavy atom. The van der Waals surface area contributed by atoms with E-state index in [0.717, 1.165) is 5.56 Å². The van der Waals surface area contributed by atoms with Crippen LogP contribution in [-0.4, -0.2) is 37.2 Å². The smallest absolute Gasteiger partial charge is 0.319 e. The normalized spacial score (nSPS) is 33.1. The average molecular weight is 385 g/mol. The lowest BCUT2D eigenvalue weighted by Gasteiger charge is -2.63. The molecule has 0 aromatic heterocycles. The van der Waals surface area contributed by atoms with Gasteiger partial charge < -0.3 is 14.2 Å². The van der Waals surface area contributed by atoms with Gasteiger partial charge in [-0.05, 0) is 25.8 Å². The van der Waals surface area contributed by atoms with Crippen LogP contribution in [0.5, 0.6) is 0 Å². The summed E-state index contributed by atoms with van der Waals surface area (Å²) in [6.45, 7) is 11.5. The summed E-state index contributed by atoms with van der Waals surface area (Å²) >= 11 is 0. The molecular formula is C22H27NO5. The van der Waals surface area contributed by atoms with Crippen molar-refractivity contribution < 1.29 is 23.8 Å². The van der Waals surface area contributed by atoms with Gasteiger partial charge in [0.2, 0.25) is 5.90 Å². The summed E-state index contributed by atoms with van der Waals surface area (Å²) in [5.74, 6) is -0.694. The van der Waals surface area contributed by atoms with Gasteiger partial charge in [0.15, 0.2) is 6.10 Å². The first kappa shape index (κ1) is 20.1. The number of benzene rings is 1. The van der Waals surface area contributed by atoms with Gasteiger partial charge in [-0.1, -0.05) is 43.3 Å². The SMILES string of the molecule is C=C[C@@]1(C)C[C@]2(C(=O)OCC)[C@H](OC(C)=O)C(OCC)=N[C@]12c1ccccc1. The molecule has 1 aromatic rings. The van der Waals surface area contributed by atoms with Crippen LogP contribution >= 0.6 is 0 Å². The molecule has 0 radical (unpaired) electrons. The first-order valence-corrected chi connectivity index (χ1v) is 9.59. The molecule has 0 saturated heterocycles. The Kier molecular flexibility index (Phi) is 5.08. The van der Waals surface area contributed by atoms with Gasteiger partial charge in [-0.3, -0.25) is 9.59 Å². The van der Waals surface area contributed by atoms with Crippen molar-refractivity contribution in [2.75, 3.05) is 13.2 Å². The van der Waals surface area contributed by atoms with E-state index in [0.29, 0.717) is 13.0 Å². The standard InChI is InChI=1S/C22H27NO5/c1-6-20(5)14-21(19(25)27-8-3)17(28-15(4)24)18(26-7-2)23-22(20,21)16-12-10-9-11-13-16/h6,9-13,17H,1,7-8,14H2,2-5H3/t17-,20+,21-,22-/m1/s1. The van der Waals surface area contributed by atoms with Crippen molar-refractivity contribution in [1.29, 1.82) is 0 Å². The lowest BCUT2D eigenvalue weighted by Crippen LogP contribution is -2.71. The van der Waals surface area contributed by atoms with Gasteiger partial charge in [-0.2, -0.15) is 0 Å². The molecule has 1 aliphatic heterocycles.